The zero-order chi connectivity index (χ0) is 13.5. The van der Waals surface area contributed by atoms with Crippen LogP contribution in [0.4, 0.5) is 0 Å². The highest BCUT2D eigenvalue weighted by atomic mass is 15.2. The summed E-state index contributed by atoms with van der Waals surface area (Å²) in [6.07, 6.45) is 1.32. The van der Waals surface area contributed by atoms with Crippen LogP contribution in [0.15, 0.2) is 30.3 Å². The fraction of sp³-hybridized carbons (Fsp3) is 0.625. The first-order chi connectivity index (χ1) is 9.31. The Hall–Kier alpha value is -0.900. The van der Waals surface area contributed by atoms with Crippen LogP contribution in [0, 0.1) is 5.92 Å². The SMILES string of the molecule is CCN(Cc1ccccc1)C[C@H]1CCN(CCN)C1. The van der Waals surface area contributed by atoms with E-state index in [9.17, 15) is 0 Å². The van der Waals surface area contributed by atoms with Crippen molar-refractivity contribution in [2.24, 2.45) is 11.7 Å². The van der Waals surface area contributed by atoms with Crippen molar-refractivity contribution < 1.29 is 0 Å². The van der Waals surface area contributed by atoms with Gasteiger partial charge in [-0.05, 0) is 31.0 Å². The van der Waals surface area contributed by atoms with Crippen LogP contribution in [0.5, 0.6) is 0 Å². The summed E-state index contributed by atoms with van der Waals surface area (Å²) in [5.74, 6) is 0.815. The molecule has 1 saturated heterocycles. The van der Waals surface area contributed by atoms with Gasteiger partial charge in [0.1, 0.15) is 0 Å². The van der Waals surface area contributed by atoms with Crippen LogP contribution in [0.2, 0.25) is 0 Å². The second-order valence-corrected chi connectivity index (χ2v) is 5.56. The first kappa shape index (κ1) is 14.5. The molecule has 106 valence electrons. The van der Waals surface area contributed by atoms with Crippen molar-refractivity contribution in [3.8, 4) is 0 Å². The molecule has 19 heavy (non-hydrogen) atoms. The van der Waals surface area contributed by atoms with Gasteiger partial charge in [-0.3, -0.25) is 4.90 Å². The standard InChI is InChI=1S/C16H27N3/c1-2-18(12-15-6-4-3-5-7-15)13-16-8-10-19(14-16)11-9-17/h3-7,16H,2,8-14,17H2,1H3/t16-/m1/s1. The third kappa shape index (κ3) is 4.60. The van der Waals surface area contributed by atoms with E-state index in [1.807, 2.05) is 0 Å². The topological polar surface area (TPSA) is 32.5 Å². The van der Waals surface area contributed by atoms with Crippen LogP contribution in [-0.2, 0) is 6.54 Å². The summed E-state index contributed by atoms with van der Waals surface area (Å²) in [7, 11) is 0. The molecule has 0 saturated carbocycles. The van der Waals surface area contributed by atoms with Crippen LogP contribution in [0.1, 0.15) is 18.9 Å². The van der Waals surface area contributed by atoms with Gasteiger partial charge in [0, 0.05) is 32.7 Å². The first-order valence-electron chi connectivity index (χ1n) is 7.50. The molecular formula is C16H27N3. The van der Waals surface area contributed by atoms with Crippen molar-refractivity contribution in [3.05, 3.63) is 35.9 Å². The minimum atomic E-state index is 0.786. The normalized spacial score (nSPS) is 20.3. The first-order valence-corrected chi connectivity index (χ1v) is 7.50. The van der Waals surface area contributed by atoms with E-state index < -0.39 is 0 Å². The van der Waals surface area contributed by atoms with E-state index in [1.54, 1.807) is 0 Å². The van der Waals surface area contributed by atoms with Gasteiger partial charge in [-0.1, -0.05) is 37.3 Å². The monoisotopic (exact) mass is 261 g/mol. The molecule has 0 radical (unpaired) electrons. The van der Waals surface area contributed by atoms with E-state index in [0.717, 1.165) is 32.1 Å². The fourth-order valence-electron chi connectivity index (χ4n) is 2.96. The highest BCUT2D eigenvalue weighted by molar-refractivity contribution is 5.14. The molecule has 0 amide bonds. The number of nitrogens with two attached hydrogens (primary N) is 1. The van der Waals surface area contributed by atoms with E-state index in [0.29, 0.717) is 0 Å². The van der Waals surface area contributed by atoms with Crippen molar-refractivity contribution >= 4 is 0 Å². The molecule has 0 spiro atoms. The Bertz CT molecular complexity index is 352. The summed E-state index contributed by atoms with van der Waals surface area (Å²) in [6, 6.07) is 10.8. The molecule has 1 aromatic carbocycles. The van der Waals surface area contributed by atoms with Gasteiger partial charge in [0.15, 0.2) is 0 Å². The lowest BCUT2D eigenvalue weighted by Gasteiger charge is -2.24. The lowest BCUT2D eigenvalue weighted by atomic mass is 10.1. The number of likely N-dealkylation sites (tertiary alicyclic amines) is 1. The second-order valence-electron chi connectivity index (χ2n) is 5.56. The Kier molecular flexibility index (Phi) is 5.83. The van der Waals surface area contributed by atoms with E-state index in [4.69, 9.17) is 5.73 Å². The van der Waals surface area contributed by atoms with Gasteiger partial charge >= 0.3 is 0 Å². The number of hydrogen-bond acceptors (Lipinski definition) is 3. The van der Waals surface area contributed by atoms with Crippen LogP contribution in [0.25, 0.3) is 0 Å². The average molecular weight is 261 g/mol. The lowest BCUT2D eigenvalue weighted by molar-refractivity contribution is 0.229. The molecule has 3 nitrogen and oxygen atoms in total. The van der Waals surface area contributed by atoms with Gasteiger partial charge in [0.05, 0.1) is 0 Å². The molecule has 1 aromatic rings. The Labute approximate surface area is 117 Å². The number of nitrogens with zero attached hydrogens (tertiary/aromatic N) is 2. The fourth-order valence-corrected chi connectivity index (χ4v) is 2.96. The van der Waals surface area contributed by atoms with Gasteiger partial charge in [-0.25, -0.2) is 0 Å². The molecule has 2 N–H and O–H groups in total. The molecule has 1 heterocycles. The van der Waals surface area contributed by atoms with Gasteiger partial charge in [0.2, 0.25) is 0 Å². The zero-order valence-corrected chi connectivity index (χ0v) is 12.1. The van der Waals surface area contributed by atoms with Crippen LogP contribution < -0.4 is 5.73 Å². The largest absolute Gasteiger partial charge is 0.329 e. The minimum Gasteiger partial charge on any atom is -0.329 e. The van der Waals surface area contributed by atoms with Crippen molar-refractivity contribution in [3.63, 3.8) is 0 Å². The Morgan fingerprint density at radius 1 is 1.32 bits per heavy atom. The number of hydrogen-bond donors (Lipinski definition) is 1. The van der Waals surface area contributed by atoms with E-state index >= 15 is 0 Å². The van der Waals surface area contributed by atoms with Crippen molar-refractivity contribution in [1.29, 1.82) is 0 Å². The number of benzene rings is 1. The maximum absolute atomic E-state index is 5.63. The molecule has 0 aliphatic carbocycles. The van der Waals surface area contributed by atoms with Crippen LogP contribution >= 0.6 is 0 Å². The third-order valence-electron chi connectivity index (χ3n) is 4.03. The highest BCUT2D eigenvalue weighted by Gasteiger charge is 2.23. The summed E-state index contributed by atoms with van der Waals surface area (Å²) >= 11 is 0. The van der Waals surface area contributed by atoms with E-state index in [-0.39, 0.29) is 0 Å². The van der Waals surface area contributed by atoms with E-state index in [1.165, 1.54) is 31.6 Å². The molecule has 0 aromatic heterocycles. The second kappa shape index (κ2) is 7.63. The smallest absolute Gasteiger partial charge is 0.0233 e. The summed E-state index contributed by atoms with van der Waals surface area (Å²) < 4.78 is 0. The molecule has 1 aliphatic heterocycles. The van der Waals surface area contributed by atoms with Crippen LogP contribution in [0.3, 0.4) is 0 Å². The molecule has 0 bridgehead atoms. The third-order valence-corrected chi connectivity index (χ3v) is 4.03. The Balaban J connectivity index is 1.80. The number of rotatable bonds is 7. The summed E-state index contributed by atoms with van der Waals surface area (Å²) in [5.41, 5.74) is 7.05. The lowest BCUT2D eigenvalue weighted by Crippen LogP contribution is -2.32. The van der Waals surface area contributed by atoms with Crippen molar-refractivity contribution in [1.82, 2.24) is 9.80 Å². The predicted octanol–water partition coefficient (Wildman–Crippen LogP) is 1.79. The van der Waals surface area contributed by atoms with Crippen LogP contribution in [-0.4, -0.2) is 49.1 Å². The Morgan fingerprint density at radius 3 is 2.79 bits per heavy atom. The summed E-state index contributed by atoms with van der Waals surface area (Å²) in [6.45, 7) is 9.97. The van der Waals surface area contributed by atoms with Gasteiger partial charge in [-0.2, -0.15) is 0 Å². The van der Waals surface area contributed by atoms with Crippen molar-refractivity contribution in [2.75, 3.05) is 39.3 Å². The molecule has 0 unspecified atom stereocenters. The average Bonchev–Trinajstić information content (AvgIpc) is 2.87. The van der Waals surface area contributed by atoms with Gasteiger partial charge in [0.25, 0.3) is 0 Å². The zero-order valence-electron chi connectivity index (χ0n) is 12.1. The molecule has 1 atom stereocenters. The van der Waals surface area contributed by atoms with E-state index in [2.05, 4.69) is 47.1 Å². The van der Waals surface area contributed by atoms with Crippen molar-refractivity contribution in [2.45, 2.75) is 19.9 Å². The summed E-state index contributed by atoms with van der Waals surface area (Å²) in [5, 5.41) is 0. The molecule has 3 heteroatoms. The molecule has 1 aliphatic rings. The maximum atomic E-state index is 5.63. The molecule has 2 rings (SSSR count). The van der Waals surface area contributed by atoms with Gasteiger partial charge in [-0.15, -0.1) is 0 Å². The Morgan fingerprint density at radius 2 is 2.11 bits per heavy atom. The maximum Gasteiger partial charge on any atom is 0.0233 e. The molecular weight excluding hydrogens is 234 g/mol. The molecule has 1 fully saturated rings. The van der Waals surface area contributed by atoms with Gasteiger partial charge < -0.3 is 10.6 Å². The summed E-state index contributed by atoms with van der Waals surface area (Å²) in [4.78, 5) is 5.06. The highest BCUT2D eigenvalue weighted by Crippen LogP contribution is 2.18. The minimum absolute atomic E-state index is 0.786. The quantitative estimate of drug-likeness (QED) is 0.812. The predicted molar refractivity (Wildman–Crippen MR) is 81.0 cm³/mol.